The van der Waals surface area contributed by atoms with Crippen LogP contribution in [0.2, 0.25) is 0 Å². The third kappa shape index (κ3) is 0.958. The Hall–Kier alpha value is -0.620. The molecule has 0 aromatic heterocycles. The molecule has 8 heavy (non-hydrogen) atoms. The highest BCUT2D eigenvalue weighted by molar-refractivity contribution is 4.96. The predicted octanol–water partition coefficient (Wildman–Crippen LogP) is 0.456. The number of alkyl halides is 1. The zero-order valence-corrected chi connectivity index (χ0v) is 4.39. The third-order valence-corrected chi connectivity index (χ3v) is 1.23. The number of nitriles is 1. The number of nitrogens with zero attached hydrogens (tertiary/aromatic N) is 1. The van der Waals surface area contributed by atoms with Crippen molar-refractivity contribution in [3.05, 3.63) is 0 Å². The first-order valence-corrected chi connectivity index (χ1v) is 2.60. The van der Waals surface area contributed by atoms with Gasteiger partial charge in [-0.2, -0.15) is 5.26 Å². The van der Waals surface area contributed by atoms with Crippen LogP contribution in [0.3, 0.4) is 0 Å². The zero-order valence-electron chi connectivity index (χ0n) is 4.39. The molecule has 1 unspecified atom stereocenters. The van der Waals surface area contributed by atoms with E-state index in [2.05, 4.69) is 5.32 Å². The first-order valence-electron chi connectivity index (χ1n) is 2.60. The fraction of sp³-hybridized carbons (Fsp3) is 0.800. The summed E-state index contributed by atoms with van der Waals surface area (Å²) >= 11 is 0. The normalized spacial score (nSPS) is 37.0. The van der Waals surface area contributed by atoms with Crippen molar-refractivity contribution in [2.24, 2.45) is 0 Å². The van der Waals surface area contributed by atoms with Gasteiger partial charge in [-0.1, -0.05) is 0 Å². The van der Waals surface area contributed by atoms with Gasteiger partial charge in [-0.3, -0.25) is 5.32 Å². The molecule has 46 valence electrons. The van der Waals surface area contributed by atoms with Crippen molar-refractivity contribution in [2.45, 2.75) is 18.6 Å². The Balaban J connectivity index is 0.000000640. The maximum atomic E-state index is 12.1. The average Bonchev–Trinajstić information content (AvgIpc) is 2.14. The van der Waals surface area contributed by atoms with Gasteiger partial charge >= 0.3 is 0 Å². The van der Waals surface area contributed by atoms with Gasteiger partial charge in [0, 0.05) is 14.4 Å². The summed E-state index contributed by atoms with van der Waals surface area (Å²) < 4.78 is 12.1. The molecular weight excluding hydrogens is 107 g/mol. The molecule has 2 nitrogen and oxygen atoms in total. The van der Waals surface area contributed by atoms with Crippen LogP contribution in [0.1, 0.15) is 7.85 Å². The topological polar surface area (TPSA) is 35.8 Å². The smallest absolute Gasteiger partial charge is 0.115 e. The van der Waals surface area contributed by atoms with Crippen molar-refractivity contribution in [3.63, 3.8) is 0 Å². The Kier molecular flexibility index (Phi) is 1.45. The Bertz CT molecular complexity index is 123. The molecule has 1 fully saturated rings. The molecule has 0 spiro atoms. The van der Waals surface area contributed by atoms with Crippen LogP contribution in [0, 0.1) is 11.3 Å². The molecule has 1 aliphatic heterocycles. The second-order valence-electron chi connectivity index (χ2n) is 1.92. The van der Waals surface area contributed by atoms with E-state index in [1.807, 2.05) is 6.07 Å². The highest BCUT2D eigenvalue weighted by Gasteiger charge is 2.22. The Morgan fingerprint density at radius 2 is 2.62 bits per heavy atom. The van der Waals surface area contributed by atoms with E-state index in [4.69, 9.17) is 5.26 Å². The van der Waals surface area contributed by atoms with E-state index in [0.29, 0.717) is 13.0 Å². The van der Waals surface area contributed by atoms with Crippen molar-refractivity contribution in [1.29, 1.82) is 5.26 Å². The van der Waals surface area contributed by atoms with E-state index in [0.717, 1.165) is 0 Å². The Morgan fingerprint density at radius 3 is 2.88 bits per heavy atom. The van der Waals surface area contributed by atoms with Gasteiger partial charge < -0.3 is 0 Å². The molecule has 0 bridgehead atoms. The summed E-state index contributed by atoms with van der Waals surface area (Å²) in [6, 6.07) is 1.70. The standard InChI is InChI=1S/C5H7FN2.H2/c6-4-1-5(2-7)8-3-4;/h4-5,8H,1,3H2;1H/t4-,5?;/m0./s1. The molecule has 0 aliphatic carbocycles. The number of hydrogen-bond donors (Lipinski definition) is 1. The Labute approximate surface area is 48.8 Å². The van der Waals surface area contributed by atoms with Crippen LogP contribution >= 0.6 is 0 Å². The summed E-state index contributed by atoms with van der Waals surface area (Å²) in [7, 11) is 0. The summed E-state index contributed by atoms with van der Waals surface area (Å²) in [4.78, 5) is 0. The van der Waals surface area contributed by atoms with E-state index in [1.54, 1.807) is 0 Å². The first-order chi connectivity index (χ1) is 3.83. The minimum Gasteiger partial charge on any atom is -0.299 e. The highest BCUT2D eigenvalue weighted by Crippen LogP contribution is 2.07. The monoisotopic (exact) mass is 116 g/mol. The summed E-state index contributed by atoms with van der Waals surface area (Å²) in [6.45, 7) is 0.345. The maximum Gasteiger partial charge on any atom is 0.115 e. The Morgan fingerprint density at radius 1 is 1.88 bits per heavy atom. The van der Waals surface area contributed by atoms with Crippen LogP contribution in [-0.2, 0) is 0 Å². The molecule has 0 amide bonds. The van der Waals surface area contributed by atoms with Crippen molar-refractivity contribution < 1.29 is 5.82 Å². The van der Waals surface area contributed by atoms with E-state index in [-0.39, 0.29) is 7.47 Å². The SMILES string of the molecule is N#CC1C[C@H](F)CN1.[HH]. The molecule has 1 saturated heterocycles. The molecule has 1 heterocycles. The third-order valence-electron chi connectivity index (χ3n) is 1.23. The maximum absolute atomic E-state index is 12.1. The lowest BCUT2D eigenvalue weighted by molar-refractivity contribution is 0.359. The van der Waals surface area contributed by atoms with Crippen LogP contribution in [-0.4, -0.2) is 18.8 Å². The number of nitrogens with one attached hydrogen (secondary N) is 1. The molecule has 0 aromatic carbocycles. The van der Waals surface area contributed by atoms with Gasteiger partial charge in [0.05, 0.1) is 12.1 Å². The van der Waals surface area contributed by atoms with Crippen molar-refractivity contribution in [3.8, 4) is 6.07 Å². The lowest BCUT2D eigenvalue weighted by Gasteiger charge is -1.91. The van der Waals surface area contributed by atoms with Crippen molar-refractivity contribution >= 4 is 0 Å². The summed E-state index contributed by atoms with van der Waals surface area (Å²) in [5.74, 6) is 0. The van der Waals surface area contributed by atoms with Gasteiger partial charge in [-0.15, -0.1) is 0 Å². The molecule has 0 aromatic rings. The largest absolute Gasteiger partial charge is 0.299 e. The average molecular weight is 116 g/mol. The molecule has 1 rings (SSSR count). The molecular formula is C5H9FN2. The van der Waals surface area contributed by atoms with E-state index >= 15 is 0 Å². The molecule has 3 heteroatoms. The fourth-order valence-electron chi connectivity index (χ4n) is 0.791. The van der Waals surface area contributed by atoms with E-state index in [9.17, 15) is 4.39 Å². The second kappa shape index (κ2) is 2.10. The van der Waals surface area contributed by atoms with Gasteiger partial charge in [0.15, 0.2) is 0 Å². The number of hydrogen-bond acceptors (Lipinski definition) is 2. The van der Waals surface area contributed by atoms with Crippen LogP contribution in [0.4, 0.5) is 4.39 Å². The molecule has 2 atom stereocenters. The summed E-state index contributed by atoms with van der Waals surface area (Å²) in [5, 5.41) is 10.9. The van der Waals surface area contributed by atoms with Crippen LogP contribution in [0.5, 0.6) is 0 Å². The fourth-order valence-corrected chi connectivity index (χ4v) is 0.791. The van der Waals surface area contributed by atoms with Crippen molar-refractivity contribution in [2.75, 3.05) is 6.54 Å². The minimum atomic E-state index is -0.806. The van der Waals surface area contributed by atoms with Gasteiger partial charge in [-0.05, 0) is 0 Å². The second-order valence-corrected chi connectivity index (χ2v) is 1.92. The van der Waals surface area contributed by atoms with Crippen LogP contribution in [0.15, 0.2) is 0 Å². The van der Waals surface area contributed by atoms with E-state index in [1.165, 1.54) is 0 Å². The van der Waals surface area contributed by atoms with Crippen molar-refractivity contribution in [1.82, 2.24) is 5.32 Å². The van der Waals surface area contributed by atoms with Gasteiger partial charge in [-0.25, -0.2) is 4.39 Å². The summed E-state index contributed by atoms with van der Waals surface area (Å²) in [5.41, 5.74) is 0. The van der Waals surface area contributed by atoms with Crippen LogP contribution < -0.4 is 5.32 Å². The molecule has 0 radical (unpaired) electrons. The zero-order chi connectivity index (χ0) is 5.98. The molecule has 0 saturated carbocycles. The highest BCUT2D eigenvalue weighted by atomic mass is 19.1. The number of halogens is 1. The number of rotatable bonds is 0. The predicted molar refractivity (Wildman–Crippen MR) is 29.0 cm³/mol. The van der Waals surface area contributed by atoms with Gasteiger partial charge in [0.25, 0.3) is 0 Å². The molecule has 1 N–H and O–H groups in total. The van der Waals surface area contributed by atoms with E-state index < -0.39 is 6.17 Å². The lowest BCUT2D eigenvalue weighted by Crippen LogP contribution is -2.18. The summed E-state index contributed by atoms with van der Waals surface area (Å²) in [6.07, 6.45) is -0.448. The minimum absolute atomic E-state index is 0. The van der Waals surface area contributed by atoms with Crippen LogP contribution in [0.25, 0.3) is 0 Å². The lowest BCUT2D eigenvalue weighted by atomic mass is 10.2. The van der Waals surface area contributed by atoms with Gasteiger partial charge in [0.1, 0.15) is 6.17 Å². The quantitative estimate of drug-likeness (QED) is 0.499. The van der Waals surface area contributed by atoms with Gasteiger partial charge in [0.2, 0.25) is 0 Å². The first kappa shape index (κ1) is 5.52. The molecule has 1 aliphatic rings.